The van der Waals surface area contributed by atoms with Gasteiger partial charge in [0.05, 0.1) is 6.10 Å². The van der Waals surface area contributed by atoms with E-state index in [1.165, 1.54) is 6.92 Å². The average molecular weight is 317 g/mol. The molecule has 0 aromatic rings. The first kappa shape index (κ1) is 18.1. The maximum Gasteiger partial charge on any atom is 0.304 e. The van der Waals surface area contributed by atoms with Gasteiger partial charge >= 0.3 is 5.97 Å². The molecule has 0 aromatic heterocycles. The first-order valence-electron chi connectivity index (χ1n) is 7.18. The summed E-state index contributed by atoms with van der Waals surface area (Å²) < 4.78 is 11.3. The van der Waals surface area contributed by atoms with Crippen LogP contribution in [0.5, 0.6) is 0 Å². The zero-order valence-corrected chi connectivity index (χ0v) is 15.0. The Hall–Kier alpha value is -0.923. The number of hydrogen-bond donors (Lipinski definition) is 1. The summed E-state index contributed by atoms with van der Waals surface area (Å²) in [6.07, 6.45) is -1.09. The number of ether oxygens (including phenoxy) is 1. The lowest BCUT2D eigenvalue weighted by atomic mass is 9.91. The van der Waals surface area contributed by atoms with E-state index in [-0.39, 0.29) is 17.0 Å². The standard InChI is InChI=1S/C14H27NO5Si/c1-9(20-21(6,7)14(3,4)5)11-12(18)15(8-16)13(11)19-10(2)17/h9,11,13,16H,8H2,1-7H3/t9?,11-,13+/m0/s1. The molecule has 0 spiro atoms. The number of hydrogen-bond acceptors (Lipinski definition) is 5. The third kappa shape index (κ3) is 3.64. The minimum atomic E-state index is -2.02. The quantitative estimate of drug-likeness (QED) is 0.474. The van der Waals surface area contributed by atoms with E-state index in [2.05, 4.69) is 33.9 Å². The number of nitrogens with zero attached hydrogens (tertiary/aromatic N) is 1. The van der Waals surface area contributed by atoms with Crippen molar-refractivity contribution in [3.8, 4) is 0 Å². The molecule has 1 fully saturated rings. The van der Waals surface area contributed by atoms with E-state index in [0.29, 0.717) is 0 Å². The van der Waals surface area contributed by atoms with Gasteiger partial charge in [0.15, 0.2) is 14.5 Å². The van der Waals surface area contributed by atoms with Crippen LogP contribution < -0.4 is 0 Å². The van der Waals surface area contributed by atoms with Gasteiger partial charge in [0.2, 0.25) is 5.91 Å². The van der Waals surface area contributed by atoms with Crippen LogP contribution in [-0.4, -0.2) is 49.3 Å². The number of esters is 1. The second kappa shape index (κ2) is 6.06. The summed E-state index contributed by atoms with van der Waals surface area (Å²) in [5.74, 6) is -1.26. The van der Waals surface area contributed by atoms with E-state index in [1.807, 2.05) is 6.92 Å². The van der Waals surface area contributed by atoms with Crippen LogP contribution in [0.15, 0.2) is 0 Å². The molecular weight excluding hydrogens is 290 g/mol. The Labute approximate surface area is 127 Å². The summed E-state index contributed by atoms with van der Waals surface area (Å²) in [5.41, 5.74) is 0. The number of carbonyl (C=O) groups excluding carboxylic acids is 2. The minimum absolute atomic E-state index is 0.0294. The number of amides is 1. The van der Waals surface area contributed by atoms with Gasteiger partial charge in [-0.1, -0.05) is 20.8 Å². The molecule has 1 amide bonds. The van der Waals surface area contributed by atoms with E-state index in [9.17, 15) is 14.7 Å². The van der Waals surface area contributed by atoms with Crippen molar-refractivity contribution >= 4 is 20.2 Å². The number of likely N-dealkylation sites (tertiary alicyclic amines) is 1. The van der Waals surface area contributed by atoms with Gasteiger partial charge in [-0.2, -0.15) is 0 Å². The van der Waals surface area contributed by atoms with Crippen LogP contribution >= 0.6 is 0 Å². The summed E-state index contributed by atoms with van der Waals surface area (Å²) >= 11 is 0. The van der Waals surface area contributed by atoms with Crippen molar-refractivity contribution in [1.82, 2.24) is 4.90 Å². The molecule has 21 heavy (non-hydrogen) atoms. The Morgan fingerprint density at radius 3 is 2.33 bits per heavy atom. The van der Waals surface area contributed by atoms with Crippen LogP contribution in [0.25, 0.3) is 0 Å². The molecule has 1 unspecified atom stereocenters. The molecule has 0 bridgehead atoms. The number of β-lactam (4-membered cyclic amide) rings is 1. The van der Waals surface area contributed by atoms with Crippen molar-refractivity contribution in [3.63, 3.8) is 0 Å². The largest absolute Gasteiger partial charge is 0.441 e. The third-order valence-electron chi connectivity index (χ3n) is 4.41. The highest BCUT2D eigenvalue weighted by molar-refractivity contribution is 6.74. The predicted octanol–water partition coefficient (Wildman–Crippen LogP) is 1.69. The lowest BCUT2D eigenvalue weighted by molar-refractivity contribution is -0.214. The fourth-order valence-corrected chi connectivity index (χ4v) is 3.58. The normalized spacial score (nSPS) is 24.6. The lowest BCUT2D eigenvalue weighted by Crippen LogP contribution is -2.67. The number of carbonyl (C=O) groups is 2. The second-order valence-electron chi connectivity index (χ2n) is 7.06. The molecule has 7 heteroatoms. The molecule has 1 rings (SSSR count). The van der Waals surface area contributed by atoms with Gasteiger partial charge in [-0.25, -0.2) is 0 Å². The van der Waals surface area contributed by atoms with Crippen molar-refractivity contribution in [1.29, 1.82) is 0 Å². The Bertz CT molecular complexity index is 418. The Morgan fingerprint density at radius 1 is 1.43 bits per heavy atom. The first-order valence-corrected chi connectivity index (χ1v) is 10.1. The fourth-order valence-electron chi connectivity index (χ4n) is 2.16. The molecule has 1 aliphatic heterocycles. The predicted molar refractivity (Wildman–Crippen MR) is 80.7 cm³/mol. The highest BCUT2D eigenvalue weighted by atomic mass is 28.4. The van der Waals surface area contributed by atoms with Gasteiger partial charge in [0, 0.05) is 6.92 Å². The van der Waals surface area contributed by atoms with Gasteiger partial charge < -0.3 is 14.3 Å². The van der Waals surface area contributed by atoms with Crippen LogP contribution in [0, 0.1) is 5.92 Å². The van der Waals surface area contributed by atoms with Crippen LogP contribution in [0.3, 0.4) is 0 Å². The van der Waals surface area contributed by atoms with Crippen LogP contribution in [-0.2, 0) is 18.8 Å². The molecule has 1 saturated heterocycles. The van der Waals surface area contributed by atoms with Crippen molar-refractivity contribution in [2.45, 2.75) is 65.1 Å². The van der Waals surface area contributed by atoms with E-state index >= 15 is 0 Å². The summed E-state index contributed by atoms with van der Waals surface area (Å²) in [4.78, 5) is 24.4. The molecule has 1 aliphatic rings. The van der Waals surface area contributed by atoms with Gasteiger partial charge in [-0.3, -0.25) is 14.5 Å². The molecule has 0 radical (unpaired) electrons. The van der Waals surface area contributed by atoms with Gasteiger partial charge in [-0.05, 0) is 25.1 Å². The molecule has 1 heterocycles. The van der Waals surface area contributed by atoms with Crippen molar-refractivity contribution in [2.24, 2.45) is 5.92 Å². The monoisotopic (exact) mass is 317 g/mol. The van der Waals surface area contributed by atoms with Crippen molar-refractivity contribution in [3.05, 3.63) is 0 Å². The number of aliphatic hydroxyl groups excluding tert-OH is 1. The summed E-state index contributed by atoms with van der Waals surface area (Å²) in [6, 6.07) is 0. The second-order valence-corrected chi connectivity index (χ2v) is 11.8. The summed E-state index contributed by atoms with van der Waals surface area (Å²) in [6.45, 7) is 13.2. The molecule has 6 nitrogen and oxygen atoms in total. The molecule has 3 atom stereocenters. The highest BCUT2D eigenvalue weighted by Crippen LogP contribution is 2.40. The maximum atomic E-state index is 12.1. The van der Waals surface area contributed by atoms with Gasteiger partial charge in [0.1, 0.15) is 12.6 Å². The van der Waals surface area contributed by atoms with E-state index in [4.69, 9.17) is 9.16 Å². The molecule has 1 N–H and O–H groups in total. The van der Waals surface area contributed by atoms with Crippen LogP contribution in [0.4, 0.5) is 0 Å². The zero-order chi connectivity index (χ0) is 16.6. The van der Waals surface area contributed by atoms with Crippen LogP contribution in [0.1, 0.15) is 34.6 Å². The topological polar surface area (TPSA) is 76.1 Å². The SMILES string of the molecule is CC(=O)O[C@@H]1[C@@H](C(C)O[Si](C)(C)C(C)(C)C)C(=O)N1CO. The van der Waals surface area contributed by atoms with Crippen LogP contribution in [0.2, 0.25) is 18.1 Å². The van der Waals surface area contributed by atoms with Gasteiger partial charge in [0.25, 0.3) is 0 Å². The molecular formula is C14H27NO5Si. The van der Waals surface area contributed by atoms with E-state index in [1.54, 1.807) is 0 Å². The zero-order valence-electron chi connectivity index (χ0n) is 14.0. The Kier molecular flexibility index (Phi) is 5.23. The van der Waals surface area contributed by atoms with E-state index in [0.717, 1.165) is 4.90 Å². The lowest BCUT2D eigenvalue weighted by Gasteiger charge is -2.49. The molecule has 122 valence electrons. The fraction of sp³-hybridized carbons (Fsp3) is 0.857. The number of aliphatic hydroxyl groups is 1. The number of rotatable bonds is 5. The highest BCUT2D eigenvalue weighted by Gasteiger charge is 2.54. The average Bonchev–Trinajstić information content (AvgIpc) is 2.25. The molecule has 0 saturated carbocycles. The van der Waals surface area contributed by atoms with Crippen molar-refractivity contribution in [2.75, 3.05) is 6.73 Å². The summed E-state index contributed by atoms with van der Waals surface area (Å²) in [7, 11) is -2.02. The third-order valence-corrected chi connectivity index (χ3v) is 8.99. The maximum absolute atomic E-state index is 12.1. The summed E-state index contributed by atoms with van der Waals surface area (Å²) in [5, 5.41) is 9.21. The Morgan fingerprint density at radius 2 is 1.95 bits per heavy atom. The van der Waals surface area contributed by atoms with E-state index < -0.39 is 33.2 Å². The first-order chi connectivity index (χ1) is 9.42. The van der Waals surface area contributed by atoms with Gasteiger partial charge in [-0.15, -0.1) is 0 Å². The smallest absolute Gasteiger partial charge is 0.304 e. The molecule has 0 aromatic carbocycles. The van der Waals surface area contributed by atoms with Crippen molar-refractivity contribution < 1.29 is 23.9 Å². The minimum Gasteiger partial charge on any atom is -0.441 e. The molecule has 0 aliphatic carbocycles. The Balaban J connectivity index is 2.83.